The molecular formula is C26H28N4O3S. The molecule has 0 radical (unpaired) electrons. The van der Waals surface area contributed by atoms with E-state index < -0.39 is 15.4 Å². The fraction of sp³-hybridized carbons (Fsp3) is 0.346. The van der Waals surface area contributed by atoms with Crippen LogP contribution in [0, 0.1) is 18.3 Å². The molecule has 1 saturated carbocycles. The first-order valence-electron chi connectivity index (χ1n) is 11.5. The molecule has 1 atom stereocenters. The molecule has 2 heterocycles. The molecule has 1 aliphatic carbocycles. The third-order valence-corrected chi connectivity index (χ3v) is 8.59. The molecular weight excluding hydrogens is 448 g/mol. The topological polar surface area (TPSA) is 112 Å². The number of pyridine rings is 1. The number of carbonyl (C=O) groups is 1. The Morgan fingerprint density at radius 1 is 1.12 bits per heavy atom. The Morgan fingerprint density at radius 3 is 2.62 bits per heavy atom. The number of sulfone groups is 1. The van der Waals surface area contributed by atoms with Gasteiger partial charge in [-0.3, -0.25) is 10.2 Å². The van der Waals surface area contributed by atoms with E-state index in [-0.39, 0.29) is 29.2 Å². The molecule has 3 N–H and O–H groups in total. The molecule has 1 saturated heterocycles. The third kappa shape index (κ3) is 4.68. The van der Waals surface area contributed by atoms with Gasteiger partial charge in [0, 0.05) is 23.1 Å². The lowest BCUT2D eigenvalue weighted by Gasteiger charge is -2.26. The highest BCUT2D eigenvalue weighted by atomic mass is 32.2. The zero-order chi connectivity index (χ0) is 24.1. The Kier molecular flexibility index (Phi) is 5.43. The minimum Gasteiger partial charge on any atom is -0.364 e. The van der Waals surface area contributed by atoms with Gasteiger partial charge in [-0.1, -0.05) is 24.3 Å². The molecule has 2 fully saturated rings. The molecule has 1 aromatic heterocycles. The summed E-state index contributed by atoms with van der Waals surface area (Å²) in [6, 6.07) is 13.8. The van der Waals surface area contributed by atoms with Crippen molar-refractivity contribution in [2.75, 3.05) is 16.8 Å². The van der Waals surface area contributed by atoms with Gasteiger partial charge in [0.2, 0.25) is 5.91 Å². The van der Waals surface area contributed by atoms with E-state index in [0.29, 0.717) is 17.8 Å². The minimum absolute atomic E-state index is 0.0380. The van der Waals surface area contributed by atoms with E-state index in [0.717, 1.165) is 40.3 Å². The van der Waals surface area contributed by atoms with E-state index in [9.17, 15) is 13.2 Å². The summed E-state index contributed by atoms with van der Waals surface area (Å²) >= 11 is 0. The maximum atomic E-state index is 12.0. The number of aryl methyl sites for hydroxylation is 1. The highest BCUT2D eigenvalue weighted by molar-refractivity contribution is 7.91. The summed E-state index contributed by atoms with van der Waals surface area (Å²) in [5.74, 6) is 1.15. The second-order valence-corrected chi connectivity index (χ2v) is 12.0. The van der Waals surface area contributed by atoms with Crippen LogP contribution in [0.5, 0.6) is 0 Å². The largest absolute Gasteiger partial charge is 0.364 e. The lowest BCUT2D eigenvalue weighted by atomic mass is 9.95. The van der Waals surface area contributed by atoms with Crippen LogP contribution in [0.2, 0.25) is 0 Å². The third-order valence-electron chi connectivity index (χ3n) is 6.69. The van der Waals surface area contributed by atoms with Crippen molar-refractivity contribution in [2.45, 2.75) is 38.6 Å². The highest BCUT2D eigenvalue weighted by Gasteiger charge is 2.39. The number of amides is 1. The SMILES string of the molecule is Cc1ccc(C(=N)NC2(C)CCS(=O)(=O)C2)cc1-c1ccc2cc(NC(=O)C3CC3)ncc2c1. The number of benzene rings is 2. The molecule has 1 aliphatic heterocycles. The predicted molar refractivity (Wildman–Crippen MR) is 135 cm³/mol. The Bertz CT molecular complexity index is 1430. The van der Waals surface area contributed by atoms with Crippen LogP contribution < -0.4 is 10.6 Å². The Morgan fingerprint density at radius 2 is 1.91 bits per heavy atom. The van der Waals surface area contributed by atoms with Crippen LogP contribution in [-0.4, -0.2) is 42.2 Å². The van der Waals surface area contributed by atoms with E-state index >= 15 is 0 Å². The smallest absolute Gasteiger partial charge is 0.228 e. The van der Waals surface area contributed by atoms with Gasteiger partial charge in [-0.15, -0.1) is 0 Å². The van der Waals surface area contributed by atoms with Crippen LogP contribution in [0.25, 0.3) is 21.9 Å². The van der Waals surface area contributed by atoms with Crippen molar-refractivity contribution in [1.29, 1.82) is 5.41 Å². The van der Waals surface area contributed by atoms with Gasteiger partial charge < -0.3 is 10.6 Å². The number of rotatable bonds is 5. The maximum Gasteiger partial charge on any atom is 0.228 e. The predicted octanol–water partition coefficient (Wildman–Crippen LogP) is 4.05. The number of hydrogen-bond acceptors (Lipinski definition) is 5. The van der Waals surface area contributed by atoms with Crippen LogP contribution >= 0.6 is 0 Å². The quantitative estimate of drug-likeness (QED) is 0.380. The van der Waals surface area contributed by atoms with E-state index in [1.807, 2.05) is 50.2 Å². The number of anilines is 1. The summed E-state index contributed by atoms with van der Waals surface area (Å²) in [6.45, 7) is 3.89. The van der Waals surface area contributed by atoms with E-state index in [1.165, 1.54) is 0 Å². The monoisotopic (exact) mass is 476 g/mol. The molecule has 34 heavy (non-hydrogen) atoms. The van der Waals surface area contributed by atoms with Crippen LogP contribution in [0.4, 0.5) is 5.82 Å². The zero-order valence-corrected chi connectivity index (χ0v) is 20.1. The van der Waals surface area contributed by atoms with Crippen molar-refractivity contribution in [1.82, 2.24) is 10.3 Å². The summed E-state index contributed by atoms with van der Waals surface area (Å²) in [5.41, 5.74) is 3.17. The van der Waals surface area contributed by atoms with Crippen molar-refractivity contribution in [2.24, 2.45) is 5.92 Å². The summed E-state index contributed by atoms with van der Waals surface area (Å²) in [5, 5.41) is 16.6. The normalized spacial score (nSPS) is 21.4. The highest BCUT2D eigenvalue weighted by Crippen LogP contribution is 2.32. The molecule has 2 aromatic carbocycles. The van der Waals surface area contributed by atoms with Crippen LogP contribution in [-0.2, 0) is 14.6 Å². The fourth-order valence-electron chi connectivity index (χ4n) is 4.52. The molecule has 1 unspecified atom stereocenters. The average molecular weight is 477 g/mol. The van der Waals surface area contributed by atoms with Gasteiger partial charge in [0.1, 0.15) is 11.7 Å². The number of nitrogens with zero attached hydrogens (tertiary/aromatic N) is 1. The lowest BCUT2D eigenvalue weighted by molar-refractivity contribution is -0.117. The van der Waals surface area contributed by atoms with Crippen molar-refractivity contribution in [3.8, 4) is 11.1 Å². The minimum atomic E-state index is -3.06. The lowest BCUT2D eigenvalue weighted by Crippen LogP contribution is -2.46. The van der Waals surface area contributed by atoms with E-state index in [1.54, 1.807) is 6.20 Å². The van der Waals surface area contributed by atoms with Crippen molar-refractivity contribution in [3.63, 3.8) is 0 Å². The second kappa shape index (κ2) is 8.20. The molecule has 7 nitrogen and oxygen atoms in total. The van der Waals surface area contributed by atoms with Crippen molar-refractivity contribution < 1.29 is 13.2 Å². The average Bonchev–Trinajstić information content (AvgIpc) is 3.59. The molecule has 0 bridgehead atoms. The molecule has 0 spiro atoms. The number of aromatic nitrogens is 1. The van der Waals surface area contributed by atoms with Gasteiger partial charge in [-0.25, -0.2) is 13.4 Å². The molecule has 176 valence electrons. The first kappa shape index (κ1) is 22.5. The molecule has 2 aliphatic rings. The molecule has 5 rings (SSSR count). The first-order chi connectivity index (χ1) is 16.1. The van der Waals surface area contributed by atoms with Gasteiger partial charge in [0.05, 0.1) is 17.0 Å². The first-order valence-corrected chi connectivity index (χ1v) is 13.3. The number of carbonyl (C=O) groups excluding carboxylic acids is 1. The van der Waals surface area contributed by atoms with Crippen LogP contribution in [0.1, 0.15) is 37.3 Å². The van der Waals surface area contributed by atoms with Gasteiger partial charge in [-0.05, 0) is 73.4 Å². The number of hydrogen-bond donors (Lipinski definition) is 3. The summed E-state index contributed by atoms with van der Waals surface area (Å²) in [7, 11) is -3.06. The van der Waals surface area contributed by atoms with Gasteiger partial charge >= 0.3 is 0 Å². The van der Waals surface area contributed by atoms with Gasteiger partial charge in [0.15, 0.2) is 9.84 Å². The van der Waals surface area contributed by atoms with E-state index in [2.05, 4.69) is 21.7 Å². The van der Waals surface area contributed by atoms with Gasteiger partial charge in [0.25, 0.3) is 0 Å². The Hall–Kier alpha value is -3.26. The Labute approximate surface area is 199 Å². The summed E-state index contributed by atoms with van der Waals surface area (Å²) in [4.78, 5) is 16.4. The number of fused-ring (bicyclic) bond motifs is 1. The number of amidine groups is 1. The zero-order valence-electron chi connectivity index (χ0n) is 19.3. The number of nitrogens with one attached hydrogen (secondary N) is 3. The second-order valence-electron chi connectivity index (χ2n) is 9.83. The van der Waals surface area contributed by atoms with Gasteiger partial charge in [-0.2, -0.15) is 0 Å². The summed E-state index contributed by atoms with van der Waals surface area (Å²) in [6.07, 6.45) is 4.17. The van der Waals surface area contributed by atoms with Crippen molar-refractivity contribution in [3.05, 3.63) is 59.8 Å². The summed E-state index contributed by atoms with van der Waals surface area (Å²) < 4.78 is 23.8. The van der Waals surface area contributed by atoms with E-state index in [4.69, 9.17) is 5.41 Å². The fourth-order valence-corrected chi connectivity index (χ4v) is 6.62. The molecule has 1 amide bonds. The maximum absolute atomic E-state index is 12.0. The van der Waals surface area contributed by atoms with Crippen LogP contribution in [0.15, 0.2) is 48.7 Å². The van der Waals surface area contributed by atoms with Crippen molar-refractivity contribution >= 4 is 38.2 Å². The van der Waals surface area contributed by atoms with Crippen LogP contribution in [0.3, 0.4) is 0 Å². The Balaban J connectivity index is 1.39. The standard InChI is InChI=1S/C26H28N4O3S/c1-16-3-4-20(24(27)30-26(2)9-10-34(32,33)15-26)12-22(16)19-8-7-18-13-23(28-14-21(18)11-19)29-25(31)17-5-6-17/h3-4,7-8,11-14,17H,5-6,9-10,15H2,1-2H3,(H2,27,30)(H,28,29,31). The molecule has 3 aromatic rings. The molecule has 8 heteroatoms.